The topological polar surface area (TPSA) is 182 Å². The Hall–Kier alpha value is -4.60. The van der Waals surface area contributed by atoms with E-state index in [0.29, 0.717) is 16.6 Å². The zero-order chi connectivity index (χ0) is 33.5. The van der Waals surface area contributed by atoms with Gasteiger partial charge in [0.25, 0.3) is 0 Å². The lowest BCUT2D eigenvalue weighted by Gasteiger charge is -2.45. The Balaban J connectivity index is 1.29. The van der Waals surface area contributed by atoms with E-state index in [-0.39, 0.29) is 60.0 Å². The number of hydrogen-bond donors (Lipinski definition) is 4. The Kier molecular flexibility index (Phi) is 8.87. The Labute approximate surface area is 272 Å². The highest BCUT2D eigenvalue weighted by Gasteiger charge is 2.51. The number of anilines is 1. The maximum atomic E-state index is 14.6. The molecule has 4 aromatic rings. The summed E-state index contributed by atoms with van der Waals surface area (Å²) in [7, 11) is -3.22. The van der Waals surface area contributed by atoms with Gasteiger partial charge in [-0.25, -0.2) is 18.7 Å². The molecule has 3 heterocycles. The molecule has 0 saturated carbocycles. The van der Waals surface area contributed by atoms with Gasteiger partial charge in [0.1, 0.15) is 23.8 Å². The van der Waals surface area contributed by atoms with Gasteiger partial charge < -0.3 is 25.4 Å². The minimum atomic E-state index is -4.77. The first-order chi connectivity index (χ1) is 22.4. The van der Waals surface area contributed by atoms with Gasteiger partial charge in [0.05, 0.1) is 23.3 Å². The highest BCUT2D eigenvalue weighted by atomic mass is 32.1. The molecule has 0 radical (unpaired) electrons. The molecule has 0 bridgehead atoms. The molecule has 14 nitrogen and oxygen atoms in total. The number of aromatic nitrogens is 1. The van der Waals surface area contributed by atoms with Crippen molar-refractivity contribution in [2.24, 2.45) is 0 Å². The van der Waals surface area contributed by atoms with Gasteiger partial charge in [-0.15, -0.1) is 0 Å². The lowest BCUT2D eigenvalue weighted by atomic mass is 9.99. The predicted octanol–water partition coefficient (Wildman–Crippen LogP) is 2.67. The van der Waals surface area contributed by atoms with Gasteiger partial charge in [-0.05, 0) is 34.9 Å². The molecule has 0 aliphatic carbocycles. The van der Waals surface area contributed by atoms with Crippen LogP contribution in [0.2, 0.25) is 0 Å². The number of hydrazine groups is 1. The first-order valence-corrected chi connectivity index (χ1v) is 16.8. The van der Waals surface area contributed by atoms with Crippen LogP contribution in [0.3, 0.4) is 0 Å². The second-order valence-electron chi connectivity index (χ2n) is 11.1. The van der Waals surface area contributed by atoms with Crippen LogP contribution in [0.1, 0.15) is 16.7 Å². The molecule has 2 aliphatic rings. The first kappa shape index (κ1) is 32.3. The molecule has 6 rings (SSSR count). The first-order valence-electron chi connectivity index (χ1n) is 14.5. The molecular formula is C30H31FN7O7PS. The van der Waals surface area contributed by atoms with Crippen LogP contribution in [0, 0.1) is 5.82 Å². The number of piperazine rings is 1. The molecular weight excluding hydrogens is 652 g/mol. The van der Waals surface area contributed by atoms with Gasteiger partial charge in [0.15, 0.2) is 5.13 Å². The van der Waals surface area contributed by atoms with E-state index in [9.17, 15) is 23.3 Å². The average molecular weight is 684 g/mol. The van der Waals surface area contributed by atoms with E-state index in [0.717, 1.165) is 16.9 Å². The molecule has 246 valence electrons. The lowest BCUT2D eigenvalue weighted by molar-refractivity contribution is -0.157. The number of carbonyl (C=O) groups excluding carboxylic acids is 3. The number of rotatable bonds is 9. The van der Waals surface area contributed by atoms with Gasteiger partial charge in [0.2, 0.25) is 11.8 Å². The van der Waals surface area contributed by atoms with Crippen LogP contribution in [0.4, 0.5) is 14.3 Å². The fraction of sp³-hybridized carbons (Fsp3) is 0.267. The molecule has 2 fully saturated rings. The number of nitrogens with zero attached hydrogens (tertiary/aromatic N) is 5. The van der Waals surface area contributed by atoms with Gasteiger partial charge in [-0.3, -0.25) is 24.4 Å². The van der Waals surface area contributed by atoms with Crippen LogP contribution in [-0.4, -0.2) is 84.8 Å². The lowest BCUT2D eigenvalue weighted by Crippen LogP contribution is -2.65. The molecule has 0 spiro atoms. The fourth-order valence-electron chi connectivity index (χ4n) is 5.88. The predicted molar refractivity (Wildman–Crippen MR) is 170 cm³/mol. The number of nitrogens with two attached hydrogens (primary N) is 1. The van der Waals surface area contributed by atoms with Crippen molar-refractivity contribution in [2.45, 2.75) is 31.7 Å². The summed E-state index contributed by atoms with van der Waals surface area (Å²) in [5, 5.41) is 5.98. The zero-order valence-electron chi connectivity index (χ0n) is 25.0. The van der Waals surface area contributed by atoms with Crippen LogP contribution in [0.5, 0.6) is 5.75 Å². The highest BCUT2D eigenvalue weighted by Crippen LogP contribution is 2.38. The molecule has 2 aliphatic heterocycles. The summed E-state index contributed by atoms with van der Waals surface area (Å²) >= 11 is 1.01. The highest BCUT2D eigenvalue weighted by molar-refractivity contribution is 7.46. The molecule has 47 heavy (non-hydrogen) atoms. The van der Waals surface area contributed by atoms with Gasteiger partial charge in [0, 0.05) is 26.6 Å². The number of benzene rings is 3. The summed E-state index contributed by atoms with van der Waals surface area (Å²) in [5.74, 6) is -1.27. The SMILES string of the molecule is CN(C(=O)NCc1ccccc1)N1CC(=O)N2[C@H](Cc3ccc(OP(=O)(O)O)cc3)C(=O)N(Cc3ccc(F)c4sc(N)nc34)C[C@@H]21. The Bertz CT molecular complexity index is 1870. The maximum absolute atomic E-state index is 14.6. The normalized spacial score (nSPS) is 18.5. The van der Waals surface area contributed by atoms with Crippen molar-refractivity contribution in [2.75, 3.05) is 25.9 Å². The van der Waals surface area contributed by atoms with Crippen molar-refractivity contribution in [3.8, 4) is 5.75 Å². The van der Waals surface area contributed by atoms with Crippen LogP contribution >= 0.6 is 19.2 Å². The van der Waals surface area contributed by atoms with Crippen molar-refractivity contribution in [3.05, 3.63) is 89.2 Å². The molecule has 5 N–H and O–H groups in total. The van der Waals surface area contributed by atoms with E-state index >= 15 is 0 Å². The van der Waals surface area contributed by atoms with E-state index in [1.807, 2.05) is 30.3 Å². The van der Waals surface area contributed by atoms with Crippen LogP contribution in [-0.2, 0) is 33.7 Å². The number of hydrogen-bond acceptors (Lipinski definition) is 9. The standard InChI is InChI=1S/C30H31FN7O7PS/c1-35(30(41)33-14-19-5-3-2-4-6-19)37-17-25(39)38-23(13-18-7-10-21(11-8-18)45-46(42,43)44)28(40)36(16-24(37)38)15-20-9-12-22(31)27-26(20)34-29(32)47-27/h2-12,23-24H,13-17H2,1H3,(H2,32,34)(H,33,41)(H2,42,43,44)/t23-,24-/m1/s1. The number of urea groups is 1. The van der Waals surface area contributed by atoms with Crippen LogP contribution < -0.4 is 15.6 Å². The number of nitrogens with one attached hydrogen (secondary N) is 1. The molecule has 1 aromatic heterocycles. The van der Waals surface area contributed by atoms with Crippen molar-refractivity contribution >= 4 is 52.4 Å². The van der Waals surface area contributed by atoms with Crippen molar-refractivity contribution in [1.29, 1.82) is 0 Å². The second kappa shape index (κ2) is 12.9. The average Bonchev–Trinajstić information content (AvgIpc) is 3.59. The summed E-state index contributed by atoms with van der Waals surface area (Å²) in [6.07, 6.45) is -0.653. The van der Waals surface area contributed by atoms with E-state index in [1.54, 1.807) is 35.2 Å². The largest absolute Gasteiger partial charge is 0.524 e. The molecule has 0 unspecified atom stereocenters. The number of halogens is 1. The number of phosphoric ester groups is 1. The Morgan fingerprint density at radius 3 is 2.55 bits per heavy atom. The third-order valence-electron chi connectivity index (χ3n) is 8.07. The zero-order valence-corrected chi connectivity index (χ0v) is 26.7. The van der Waals surface area contributed by atoms with Gasteiger partial charge in [-0.2, -0.15) is 5.01 Å². The van der Waals surface area contributed by atoms with Crippen molar-refractivity contribution in [3.63, 3.8) is 0 Å². The number of phosphoric acid groups is 1. The van der Waals surface area contributed by atoms with Gasteiger partial charge in [-0.1, -0.05) is 59.9 Å². The number of fused-ring (bicyclic) bond motifs is 2. The summed E-state index contributed by atoms with van der Waals surface area (Å²) in [6.45, 7) is 0.202. The summed E-state index contributed by atoms with van der Waals surface area (Å²) in [5.41, 5.74) is 8.29. The smallest absolute Gasteiger partial charge is 0.404 e. The maximum Gasteiger partial charge on any atom is 0.524 e. The van der Waals surface area contributed by atoms with E-state index in [1.165, 1.54) is 28.1 Å². The fourth-order valence-corrected chi connectivity index (χ4v) is 7.06. The van der Waals surface area contributed by atoms with Crippen LogP contribution in [0.15, 0.2) is 66.7 Å². The van der Waals surface area contributed by atoms with Crippen molar-refractivity contribution < 1.29 is 37.6 Å². The molecule has 3 aromatic carbocycles. The third-order valence-corrected chi connectivity index (χ3v) is 9.41. The minimum Gasteiger partial charge on any atom is -0.404 e. The summed E-state index contributed by atoms with van der Waals surface area (Å²) in [6, 6.07) is 16.6. The van der Waals surface area contributed by atoms with E-state index < -0.39 is 31.9 Å². The van der Waals surface area contributed by atoms with E-state index in [4.69, 9.17) is 15.5 Å². The molecule has 2 atom stereocenters. The molecule has 4 amide bonds. The number of amides is 4. The van der Waals surface area contributed by atoms with Gasteiger partial charge >= 0.3 is 13.9 Å². The second-order valence-corrected chi connectivity index (χ2v) is 13.3. The van der Waals surface area contributed by atoms with Crippen LogP contribution in [0.25, 0.3) is 10.2 Å². The van der Waals surface area contributed by atoms with Crippen molar-refractivity contribution in [1.82, 2.24) is 30.1 Å². The summed E-state index contributed by atoms with van der Waals surface area (Å²) < 4.78 is 30.7. The monoisotopic (exact) mass is 683 g/mol. The number of thiazole rings is 1. The number of nitrogen functional groups attached to an aromatic ring is 1. The minimum absolute atomic E-state index is 0.0423. The third kappa shape index (κ3) is 6.92. The Morgan fingerprint density at radius 2 is 1.85 bits per heavy atom. The Morgan fingerprint density at radius 1 is 1.13 bits per heavy atom. The number of carbonyl (C=O) groups is 3. The van der Waals surface area contributed by atoms with E-state index in [2.05, 4.69) is 14.8 Å². The molecule has 17 heteroatoms. The summed E-state index contributed by atoms with van der Waals surface area (Å²) in [4.78, 5) is 66.5. The quantitative estimate of drug-likeness (QED) is 0.192. The molecule has 2 saturated heterocycles.